The summed E-state index contributed by atoms with van der Waals surface area (Å²) in [7, 11) is -4.38. The molecule has 138 valence electrons. The normalized spacial score (nSPS) is 11.2. The lowest BCUT2D eigenvalue weighted by molar-refractivity contribution is 0.102. The molecule has 3 rings (SSSR count). The minimum atomic E-state index is -4.38. The quantitative estimate of drug-likeness (QED) is 0.508. The first-order chi connectivity index (χ1) is 12.8. The van der Waals surface area contributed by atoms with Crippen molar-refractivity contribution in [2.24, 2.45) is 4.99 Å². The molecule has 1 aromatic heterocycles. The molecule has 2 N–H and O–H groups in total. The van der Waals surface area contributed by atoms with Crippen LogP contribution in [0.4, 0.5) is 11.7 Å². The van der Waals surface area contributed by atoms with Crippen LogP contribution in [0.1, 0.15) is 15.9 Å². The summed E-state index contributed by atoms with van der Waals surface area (Å²) < 4.78 is 36.7. The number of aromatic nitrogens is 2. The average molecular weight is 386 g/mol. The smallest absolute Gasteiger partial charge is 0.322 e. The molecular formula is C17H14N4O5S. The van der Waals surface area contributed by atoms with Gasteiger partial charge in [0.15, 0.2) is 0 Å². The van der Waals surface area contributed by atoms with Crippen molar-refractivity contribution in [1.29, 1.82) is 0 Å². The van der Waals surface area contributed by atoms with E-state index in [-0.39, 0.29) is 22.4 Å². The van der Waals surface area contributed by atoms with Gasteiger partial charge in [0.2, 0.25) is 5.82 Å². The maximum absolute atomic E-state index is 12.5. The lowest BCUT2D eigenvalue weighted by atomic mass is 10.1. The van der Waals surface area contributed by atoms with Crippen LogP contribution in [0.3, 0.4) is 0 Å². The second-order valence-corrected chi connectivity index (χ2v) is 7.02. The third kappa shape index (κ3) is 4.25. The van der Waals surface area contributed by atoms with Crippen LogP contribution in [-0.2, 0) is 10.1 Å². The van der Waals surface area contributed by atoms with Crippen LogP contribution in [-0.4, -0.2) is 35.7 Å². The zero-order chi connectivity index (χ0) is 19.6. The van der Waals surface area contributed by atoms with Crippen LogP contribution in [0.5, 0.6) is 0 Å². The van der Waals surface area contributed by atoms with Crippen LogP contribution in [0, 0.1) is 6.92 Å². The van der Waals surface area contributed by atoms with E-state index < -0.39 is 16.0 Å². The third-order valence-electron chi connectivity index (χ3n) is 3.54. The van der Waals surface area contributed by atoms with E-state index >= 15 is 0 Å². The molecule has 0 aliphatic carbocycles. The van der Waals surface area contributed by atoms with E-state index in [9.17, 15) is 17.8 Å². The average Bonchev–Trinajstić information content (AvgIpc) is 3.10. The van der Waals surface area contributed by atoms with Gasteiger partial charge < -0.3 is 9.84 Å². The molecule has 0 unspecified atom stereocenters. The molecule has 27 heavy (non-hydrogen) atoms. The molecular weight excluding hydrogens is 372 g/mol. The predicted octanol–water partition coefficient (Wildman–Crippen LogP) is 2.88. The second kappa shape index (κ2) is 7.09. The summed E-state index contributed by atoms with van der Waals surface area (Å²) in [6, 6.07) is 10.5. The molecule has 0 aliphatic heterocycles. The summed E-state index contributed by atoms with van der Waals surface area (Å²) in [5.74, 6) is -0.231. The lowest BCUT2D eigenvalue weighted by Crippen LogP contribution is -2.12. The van der Waals surface area contributed by atoms with Gasteiger partial charge in [-0.1, -0.05) is 17.3 Å². The Balaban J connectivity index is 1.88. The van der Waals surface area contributed by atoms with Gasteiger partial charge in [-0.25, -0.2) is 4.99 Å². The number of amides is 1. The van der Waals surface area contributed by atoms with Gasteiger partial charge in [-0.2, -0.15) is 13.4 Å². The predicted molar refractivity (Wildman–Crippen MR) is 97.9 cm³/mol. The number of rotatable bonds is 5. The Morgan fingerprint density at radius 2 is 2.04 bits per heavy atom. The zero-order valence-electron chi connectivity index (χ0n) is 14.1. The van der Waals surface area contributed by atoms with Gasteiger partial charge in [0, 0.05) is 16.8 Å². The molecule has 0 radical (unpaired) electrons. The summed E-state index contributed by atoms with van der Waals surface area (Å²) in [6.07, 6.45) is 0. The van der Waals surface area contributed by atoms with Crippen LogP contribution >= 0.6 is 0 Å². The first kappa shape index (κ1) is 18.4. The van der Waals surface area contributed by atoms with Gasteiger partial charge in [0.1, 0.15) is 0 Å². The molecule has 0 aliphatic rings. The maximum Gasteiger partial charge on any atom is 0.347 e. The fraction of sp³-hybridized carbons (Fsp3) is 0.0588. The van der Waals surface area contributed by atoms with Crippen LogP contribution in [0.25, 0.3) is 11.4 Å². The van der Waals surface area contributed by atoms with Gasteiger partial charge in [-0.05, 0) is 49.5 Å². The number of benzene rings is 2. The monoisotopic (exact) mass is 386 g/mol. The molecule has 3 aromatic rings. The van der Waals surface area contributed by atoms with Crippen molar-refractivity contribution in [3.05, 3.63) is 53.6 Å². The van der Waals surface area contributed by atoms with E-state index in [1.165, 1.54) is 12.1 Å². The van der Waals surface area contributed by atoms with E-state index in [2.05, 4.69) is 27.2 Å². The van der Waals surface area contributed by atoms with Crippen LogP contribution in [0.2, 0.25) is 0 Å². The Hall–Kier alpha value is -3.37. The second-order valence-electron chi connectivity index (χ2n) is 5.60. The number of carbonyl (C=O) groups is 1. The third-order valence-corrected chi connectivity index (χ3v) is 4.37. The summed E-state index contributed by atoms with van der Waals surface area (Å²) >= 11 is 0. The Bertz CT molecular complexity index is 1140. The van der Waals surface area contributed by atoms with E-state index in [4.69, 9.17) is 4.52 Å². The van der Waals surface area contributed by atoms with Crippen molar-refractivity contribution in [1.82, 2.24) is 10.1 Å². The number of hydrogen-bond donors (Lipinski definition) is 2. The van der Waals surface area contributed by atoms with Crippen LogP contribution < -0.4 is 5.32 Å². The van der Waals surface area contributed by atoms with Crippen molar-refractivity contribution >= 4 is 34.4 Å². The molecule has 1 amide bonds. The van der Waals surface area contributed by atoms with Gasteiger partial charge in [0.25, 0.3) is 16.0 Å². The summed E-state index contributed by atoms with van der Waals surface area (Å²) in [5.41, 5.74) is 1.62. The lowest BCUT2D eigenvalue weighted by Gasteiger charge is -2.09. The fourth-order valence-electron chi connectivity index (χ4n) is 2.37. The number of nitrogens with zero attached hydrogens (tertiary/aromatic N) is 3. The molecule has 9 nitrogen and oxygen atoms in total. The molecule has 0 bridgehead atoms. The van der Waals surface area contributed by atoms with Crippen molar-refractivity contribution in [3.63, 3.8) is 0 Å². The Labute approximate surface area is 154 Å². The minimum Gasteiger partial charge on any atom is -0.322 e. The fourth-order valence-corrected chi connectivity index (χ4v) is 2.98. The molecule has 0 atom stereocenters. The molecule has 1 heterocycles. The van der Waals surface area contributed by atoms with E-state index in [0.717, 1.165) is 0 Å². The number of carbonyl (C=O) groups excluding carboxylic acids is 1. The van der Waals surface area contributed by atoms with Gasteiger partial charge in [0.05, 0.1) is 4.90 Å². The van der Waals surface area contributed by atoms with Crippen molar-refractivity contribution in [2.75, 3.05) is 5.32 Å². The minimum absolute atomic E-state index is 0.0114. The number of aryl methyl sites for hydroxylation is 1. The number of hydrogen-bond acceptors (Lipinski definition) is 7. The van der Waals surface area contributed by atoms with Crippen molar-refractivity contribution in [2.45, 2.75) is 11.8 Å². The molecule has 0 fully saturated rings. The molecule has 0 saturated carbocycles. The highest BCUT2D eigenvalue weighted by Crippen LogP contribution is 2.22. The summed E-state index contributed by atoms with van der Waals surface area (Å²) in [5, 5.41) is 6.35. The molecule has 2 aromatic carbocycles. The molecule has 10 heteroatoms. The van der Waals surface area contributed by atoms with Gasteiger partial charge >= 0.3 is 6.01 Å². The largest absolute Gasteiger partial charge is 0.347 e. The molecule has 0 spiro atoms. The van der Waals surface area contributed by atoms with E-state index in [0.29, 0.717) is 16.7 Å². The first-order valence-corrected chi connectivity index (χ1v) is 9.01. The number of aliphatic imine (C=N–C) groups is 1. The summed E-state index contributed by atoms with van der Waals surface area (Å²) in [4.78, 5) is 19.7. The summed E-state index contributed by atoms with van der Waals surface area (Å²) in [6.45, 7) is 4.94. The SMILES string of the molecule is C=Nc1nc(-c2cccc(C(=O)Nc3cc(C)cc(S(=O)(=O)O)c3)c2)no1. The van der Waals surface area contributed by atoms with E-state index in [1.807, 2.05) is 0 Å². The van der Waals surface area contributed by atoms with Gasteiger partial charge in [-0.3, -0.25) is 9.35 Å². The maximum atomic E-state index is 12.5. The van der Waals surface area contributed by atoms with E-state index in [1.54, 1.807) is 37.3 Å². The number of anilines is 1. The Morgan fingerprint density at radius 1 is 1.26 bits per heavy atom. The zero-order valence-corrected chi connectivity index (χ0v) is 14.9. The highest BCUT2D eigenvalue weighted by Gasteiger charge is 2.14. The molecule has 0 saturated heterocycles. The highest BCUT2D eigenvalue weighted by atomic mass is 32.2. The Kier molecular flexibility index (Phi) is 4.84. The van der Waals surface area contributed by atoms with Crippen molar-refractivity contribution < 1.29 is 22.3 Å². The standard InChI is InChI=1S/C17H14N4O5S/c1-10-6-13(9-14(7-10)27(23,24)25)19-16(22)12-5-3-4-11(8-12)15-20-17(18-2)26-21-15/h3-9H,2H2,1H3,(H,19,22)(H,23,24,25). The topological polar surface area (TPSA) is 135 Å². The number of nitrogens with one attached hydrogen (secondary N) is 1. The van der Waals surface area contributed by atoms with Gasteiger partial charge in [-0.15, -0.1) is 0 Å². The van der Waals surface area contributed by atoms with Crippen molar-refractivity contribution in [3.8, 4) is 11.4 Å². The van der Waals surface area contributed by atoms with Crippen LogP contribution in [0.15, 0.2) is 56.9 Å². The first-order valence-electron chi connectivity index (χ1n) is 7.57. The Morgan fingerprint density at radius 3 is 2.70 bits per heavy atom. The highest BCUT2D eigenvalue weighted by molar-refractivity contribution is 7.85.